The van der Waals surface area contributed by atoms with E-state index in [9.17, 15) is 4.79 Å². The molecule has 156 valence electrons. The predicted octanol–water partition coefficient (Wildman–Crippen LogP) is 5.15. The molecule has 32 heavy (non-hydrogen) atoms. The lowest BCUT2D eigenvalue weighted by atomic mass is 10.1. The van der Waals surface area contributed by atoms with Crippen LogP contribution in [-0.4, -0.2) is 25.7 Å². The first-order valence-electron chi connectivity index (χ1n) is 10.1. The molecule has 0 bridgehead atoms. The molecule has 1 amide bonds. The number of hydrogen-bond donors (Lipinski definition) is 1. The summed E-state index contributed by atoms with van der Waals surface area (Å²) in [5.74, 6) is 0.999. The van der Waals surface area contributed by atoms with Crippen molar-refractivity contribution in [3.05, 3.63) is 103 Å². The zero-order valence-electron chi connectivity index (χ0n) is 17.3. The van der Waals surface area contributed by atoms with Crippen LogP contribution < -0.4 is 5.32 Å². The number of rotatable bonds is 5. The molecule has 7 heteroatoms. The van der Waals surface area contributed by atoms with Gasteiger partial charge in [0.25, 0.3) is 5.91 Å². The summed E-state index contributed by atoms with van der Waals surface area (Å²) in [6.07, 6.45) is 3.30. The first-order chi connectivity index (χ1) is 15.7. The molecule has 2 aromatic carbocycles. The average Bonchev–Trinajstić information content (AvgIpc) is 3.50. The Morgan fingerprint density at radius 1 is 0.938 bits per heavy atom. The Hall–Kier alpha value is -4.52. The molecule has 0 saturated heterocycles. The number of aryl methyl sites for hydroxylation is 1. The van der Waals surface area contributed by atoms with Gasteiger partial charge in [0.05, 0.1) is 17.6 Å². The summed E-state index contributed by atoms with van der Waals surface area (Å²) in [6.45, 7) is 1.84. The number of nitrogens with zero attached hydrogens (tertiary/aromatic N) is 4. The average molecular weight is 421 g/mol. The first-order valence-corrected chi connectivity index (χ1v) is 10.1. The molecule has 0 aliphatic rings. The lowest BCUT2D eigenvalue weighted by Crippen LogP contribution is -2.17. The molecule has 0 saturated carbocycles. The minimum Gasteiger partial charge on any atom is -0.463 e. The highest BCUT2D eigenvalue weighted by Gasteiger charge is 2.19. The first kappa shape index (κ1) is 19.4. The number of carbonyl (C=O) groups is 1. The molecule has 0 spiro atoms. The van der Waals surface area contributed by atoms with Gasteiger partial charge in [0.1, 0.15) is 17.2 Å². The molecule has 0 fully saturated rings. The molecule has 3 aromatic heterocycles. The number of benzene rings is 2. The lowest BCUT2D eigenvalue weighted by Gasteiger charge is -2.09. The van der Waals surface area contributed by atoms with Crippen molar-refractivity contribution >= 4 is 11.6 Å². The van der Waals surface area contributed by atoms with Crippen molar-refractivity contribution in [3.63, 3.8) is 0 Å². The largest absolute Gasteiger partial charge is 0.463 e. The summed E-state index contributed by atoms with van der Waals surface area (Å²) >= 11 is 0. The second-order valence-corrected chi connectivity index (χ2v) is 7.16. The molecule has 0 atom stereocenters. The number of carbonyl (C=O) groups excluding carboxylic acids is 1. The van der Waals surface area contributed by atoms with Gasteiger partial charge < -0.3 is 9.73 Å². The Kier molecular flexibility index (Phi) is 5.05. The van der Waals surface area contributed by atoms with Crippen LogP contribution in [0.4, 0.5) is 5.69 Å². The van der Waals surface area contributed by atoms with Crippen LogP contribution in [0.15, 0.2) is 95.7 Å². The lowest BCUT2D eigenvalue weighted by molar-refractivity contribution is 0.101. The summed E-state index contributed by atoms with van der Waals surface area (Å²) < 4.78 is 7.09. The van der Waals surface area contributed by atoms with Gasteiger partial charge in [-0.3, -0.25) is 4.79 Å². The molecular weight excluding hydrogens is 402 g/mol. The molecule has 0 aliphatic heterocycles. The van der Waals surface area contributed by atoms with Crippen LogP contribution in [0, 0.1) is 6.92 Å². The Bertz CT molecular complexity index is 1370. The smallest absolute Gasteiger partial charge is 0.274 e. The number of para-hydroxylation sites is 1. The van der Waals surface area contributed by atoms with Crippen LogP contribution in [0.1, 0.15) is 16.3 Å². The second kappa shape index (κ2) is 8.31. The molecule has 0 radical (unpaired) electrons. The fraction of sp³-hybridized carbons (Fsp3) is 0.0400. The van der Waals surface area contributed by atoms with Gasteiger partial charge in [-0.2, -0.15) is 5.10 Å². The third kappa shape index (κ3) is 3.91. The van der Waals surface area contributed by atoms with E-state index in [0.29, 0.717) is 28.7 Å². The summed E-state index contributed by atoms with van der Waals surface area (Å²) in [6, 6.07) is 24.2. The zero-order valence-corrected chi connectivity index (χ0v) is 17.3. The molecule has 5 aromatic rings. The van der Waals surface area contributed by atoms with Crippen molar-refractivity contribution in [2.75, 3.05) is 5.32 Å². The van der Waals surface area contributed by atoms with Gasteiger partial charge in [-0.15, -0.1) is 0 Å². The minimum absolute atomic E-state index is 0.282. The van der Waals surface area contributed by atoms with Gasteiger partial charge in [-0.25, -0.2) is 14.6 Å². The van der Waals surface area contributed by atoms with Gasteiger partial charge in [-0.1, -0.05) is 30.3 Å². The standard InChI is InChI=1S/C25H19N5O2/c1-17-26-13-12-21(27-17)18-7-5-8-19(15-18)28-25(31)23-16-22(24-11-6-14-32-24)29-30(23)20-9-3-2-4-10-20/h2-16H,1H3,(H,28,31). The van der Waals surface area contributed by atoms with Crippen LogP contribution in [-0.2, 0) is 0 Å². The van der Waals surface area contributed by atoms with E-state index in [4.69, 9.17) is 4.42 Å². The van der Waals surface area contributed by atoms with E-state index in [1.807, 2.05) is 73.7 Å². The van der Waals surface area contributed by atoms with Crippen molar-refractivity contribution in [2.45, 2.75) is 6.92 Å². The van der Waals surface area contributed by atoms with Gasteiger partial charge in [-0.05, 0) is 49.4 Å². The van der Waals surface area contributed by atoms with Gasteiger partial charge in [0, 0.05) is 23.5 Å². The number of nitrogens with one attached hydrogen (secondary N) is 1. The highest BCUT2D eigenvalue weighted by molar-refractivity contribution is 6.04. The van der Waals surface area contributed by atoms with Crippen molar-refractivity contribution in [1.82, 2.24) is 19.7 Å². The number of amides is 1. The van der Waals surface area contributed by atoms with Crippen LogP contribution in [0.2, 0.25) is 0 Å². The topological polar surface area (TPSA) is 85.8 Å². The Labute approximate surface area is 184 Å². The van der Waals surface area contributed by atoms with E-state index < -0.39 is 0 Å². The van der Waals surface area contributed by atoms with Gasteiger partial charge in [0.15, 0.2) is 5.76 Å². The number of furan rings is 1. The number of aromatic nitrogens is 4. The van der Waals surface area contributed by atoms with E-state index in [0.717, 1.165) is 16.9 Å². The maximum Gasteiger partial charge on any atom is 0.274 e. The quantitative estimate of drug-likeness (QED) is 0.424. The maximum atomic E-state index is 13.3. The van der Waals surface area contributed by atoms with Crippen LogP contribution in [0.3, 0.4) is 0 Å². The van der Waals surface area contributed by atoms with Gasteiger partial charge >= 0.3 is 0 Å². The molecule has 0 aliphatic carbocycles. The number of anilines is 1. The van der Waals surface area contributed by atoms with Crippen LogP contribution in [0.25, 0.3) is 28.4 Å². The third-order valence-electron chi connectivity index (χ3n) is 4.91. The van der Waals surface area contributed by atoms with E-state index >= 15 is 0 Å². The fourth-order valence-corrected chi connectivity index (χ4v) is 3.42. The zero-order chi connectivity index (χ0) is 21.9. The molecular formula is C25H19N5O2. The van der Waals surface area contributed by atoms with E-state index in [-0.39, 0.29) is 5.91 Å². The van der Waals surface area contributed by atoms with Crippen molar-refractivity contribution in [1.29, 1.82) is 0 Å². The molecule has 0 unspecified atom stereocenters. The maximum absolute atomic E-state index is 13.3. The van der Waals surface area contributed by atoms with Crippen molar-refractivity contribution < 1.29 is 9.21 Å². The fourth-order valence-electron chi connectivity index (χ4n) is 3.42. The summed E-state index contributed by atoms with van der Waals surface area (Å²) in [7, 11) is 0. The SMILES string of the molecule is Cc1nccc(-c2cccc(NC(=O)c3cc(-c4ccco4)nn3-c3ccccc3)c2)n1. The monoisotopic (exact) mass is 421 g/mol. The summed E-state index contributed by atoms with van der Waals surface area (Å²) in [5.41, 5.74) is 4.09. The van der Waals surface area contributed by atoms with Crippen LogP contribution in [0.5, 0.6) is 0 Å². The molecule has 5 rings (SSSR count). The summed E-state index contributed by atoms with van der Waals surface area (Å²) in [5, 5.41) is 7.58. The Morgan fingerprint density at radius 2 is 1.81 bits per heavy atom. The Morgan fingerprint density at radius 3 is 2.59 bits per heavy atom. The molecule has 3 heterocycles. The molecule has 7 nitrogen and oxygen atoms in total. The second-order valence-electron chi connectivity index (χ2n) is 7.16. The van der Waals surface area contributed by atoms with E-state index in [1.54, 1.807) is 29.3 Å². The van der Waals surface area contributed by atoms with Crippen molar-refractivity contribution in [3.8, 4) is 28.4 Å². The highest BCUT2D eigenvalue weighted by atomic mass is 16.3. The van der Waals surface area contributed by atoms with E-state index in [1.165, 1.54) is 0 Å². The Balaban J connectivity index is 1.49. The van der Waals surface area contributed by atoms with Crippen LogP contribution >= 0.6 is 0 Å². The van der Waals surface area contributed by atoms with Gasteiger partial charge in [0.2, 0.25) is 0 Å². The normalized spacial score (nSPS) is 10.8. The molecule has 1 N–H and O–H groups in total. The van der Waals surface area contributed by atoms with Crippen molar-refractivity contribution in [2.24, 2.45) is 0 Å². The number of hydrogen-bond acceptors (Lipinski definition) is 5. The minimum atomic E-state index is -0.282. The highest BCUT2D eigenvalue weighted by Crippen LogP contribution is 2.24. The third-order valence-corrected chi connectivity index (χ3v) is 4.91. The van der Waals surface area contributed by atoms with E-state index in [2.05, 4.69) is 20.4 Å². The summed E-state index contributed by atoms with van der Waals surface area (Å²) in [4.78, 5) is 21.9. The predicted molar refractivity (Wildman–Crippen MR) is 121 cm³/mol.